The molecular formula is C17H28N2O2. The Morgan fingerprint density at radius 1 is 1.19 bits per heavy atom. The number of likely N-dealkylation sites (N-methyl/N-ethyl adjacent to an activating group) is 1. The lowest BCUT2D eigenvalue weighted by atomic mass is 9.89. The van der Waals surface area contributed by atoms with E-state index in [1.165, 1.54) is 0 Å². The molecule has 0 heterocycles. The summed E-state index contributed by atoms with van der Waals surface area (Å²) in [5, 5.41) is 0. The standard InChI is InChI=1S/C17H28N2O2/c1-6-21-15(20)17(18,14-10-8-7-9-11-14)13-19(5)12-16(2,3)4/h7-11H,6,12-13,18H2,1-5H3. The largest absolute Gasteiger partial charge is 0.464 e. The van der Waals surface area contributed by atoms with Crippen LogP contribution in [-0.4, -0.2) is 37.6 Å². The molecule has 118 valence electrons. The van der Waals surface area contributed by atoms with Crippen molar-refractivity contribution < 1.29 is 9.53 Å². The minimum Gasteiger partial charge on any atom is -0.464 e. The third-order valence-corrected chi connectivity index (χ3v) is 3.19. The van der Waals surface area contributed by atoms with Gasteiger partial charge >= 0.3 is 5.97 Å². The fourth-order valence-corrected chi connectivity index (χ4v) is 2.56. The van der Waals surface area contributed by atoms with E-state index in [1.54, 1.807) is 6.92 Å². The topological polar surface area (TPSA) is 55.6 Å². The van der Waals surface area contributed by atoms with Crippen molar-refractivity contribution in [3.05, 3.63) is 35.9 Å². The van der Waals surface area contributed by atoms with Crippen molar-refractivity contribution >= 4 is 5.97 Å². The maximum atomic E-state index is 12.4. The summed E-state index contributed by atoms with van der Waals surface area (Å²) in [5.74, 6) is -0.378. The molecule has 0 radical (unpaired) electrons. The molecule has 1 aromatic carbocycles. The van der Waals surface area contributed by atoms with Gasteiger partial charge in [-0.1, -0.05) is 51.1 Å². The van der Waals surface area contributed by atoms with E-state index >= 15 is 0 Å². The Morgan fingerprint density at radius 2 is 1.76 bits per heavy atom. The highest BCUT2D eigenvalue weighted by molar-refractivity contribution is 5.82. The van der Waals surface area contributed by atoms with Crippen molar-refractivity contribution in [3.8, 4) is 0 Å². The first kappa shape index (κ1) is 17.7. The van der Waals surface area contributed by atoms with Crippen LogP contribution in [0, 0.1) is 5.41 Å². The molecule has 1 aromatic rings. The van der Waals surface area contributed by atoms with Crippen molar-refractivity contribution in [1.82, 2.24) is 4.90 Å². The molecule has 0 spiro atoms. The van der Waals surface area contributed by atoms with E-state index in [0.29, 0.717) is 13.2 Å². The summed E-state index contributed by atoms with van der Waals surface area (Å²) in [6.45, 7) is 9.87. The molecule has 0 bridgehead atoms. The molecule has 0 saturated carbocycles. The van der Waals surface area contributed by atoms with E-state index < -0.39 is 5.54 Å². The van der Waals surface area contributed by atoms with Crippen LogP contribution in [0.1, 0.15) is 33.3 Å². The van der Waals surface area contributed by atoms with Crippen LogP contribution >= 0.6 is 0 Å². The molecular weight excluding hydrogens is 264 g/mol. The number of nitrogens with zero attached hydrogens (tertiary/aromatic N) is 1. The van der Waals surface area contributed by atoms with E-state index in [-0.39, 0.29) is 11.4 Å². The number of rotatable bonds is 6. The van der Waals surface area contributed by atoms with E-state index in [9.17, 15) is 4.79 Å². The fraction of sp³-hybridized carbons (Fsp3) is 0.588. The number of carbonyl (C=O) groups excluding carboxylic acids is 1. The van der Waals surface area contributed by atoms with Gasteiger partial charge in [0, 0.05) is 13.1 Å². The summed E-state index contributed by atoms with van der Waals surface area (Å²) in [6.07, 6.45) is 0. The van der Waals surface area contributed by atoms with Crippen molar-refractivity contribution in [2.75, 3.05) is 26.7 Å². The van der Waals surface area contributed by atoms with Gasteiger partial charge in [-0.05, 0) is 24.9 Å². The Balaban J connectivity index is 3.01. The van der Waals surface area contributed by atoms with Crippen LogP contribution in [0.25, 0.3) is 0 Å². The molecule has 4 nitrogen and oxygen atoms in total. The number of esters is 1. The smallest absolute Gasteiger partial charge is 0.332 e. The second-order valence-corrected chi connectivity index (χ2v) is 6.79. The molecule has 0 amide bonds. The molecule has 21 heavy (non-hydrogen) atoms. The predicted molar refractivity (Wildman–Crippen MR) is 85.9 cm³/mol. The van der Waals surface area contributed by atoms with Gasteiger partial charge in [-0.25, -0.2) is 4.79 Å². The minimum absolute atomic E-state index is 0.140. The quantitative estimate of drug-likeness (QED) is 0.818. The van der Waals surface area contributed by atoms with E-state index in [4.69, 9.17) is 10.5 Å². The van der Waals surface area contributed by atoms with E-state index in [0.717, 1.165) is 12.1 Å². The second-order valence-electron chi connectivity index (χ2n) is 6.79. The van der Waals surface area contributed by atoms with Crippen molar-refractivity contribution in [3.63, 3.8) is 0 Å². The van der Waals surface area contributed by atoms with Gasteiger partial charge in [0.15, 0.2) is 5.54 Å². The van der Waals surface area contributed by atoms with Crippen LogP contribution in [0.5, 0.6) is 0 Å². The second kappa shape index (κ2) is 7.05. The zero-order chi connectivity index (χ0) is 16.1. The predicted octanol–water partition coefficient (Wildman–Crippen LogP) is 2.38. The molecule has 0 fully saturated rings. The van der Waals surface area contributed by atoms with Gasteiger partial charge in [-0.2, -0.15) is 0 Å². The SMILES string of the molecule is CCOC(=O)C(N)(CN(C)CC(C)(C)C)c1ccccc1. The summed E-state index contributed by atoms with van der Waals surface area (Å²) in [7, 11) is 1.98. The first-order chi connectivity index (χ1) is 9.69. The maximum Gasteiger partial charge on any atom is 0.332 e. The average Bonchev–Trinajstić information content (AvgIpc) is 2.37. The summed E-state index contributed by atoms with van der Waals surface area (Å²) in [4.78, 5) is 14.5. The first-order valence-corrected chi connectivity index (χ1v) is 7.39. The molecule has 0 aromatic heterocycles. The Bertz CT molecular complexity index is 454. The van der Waals surface area contributed by atoms with Gasteiger partial charge < -0.3 is 15.4 Å². The molecule has 4 heteroatoms. The van der Waals surface area contributed by atoms with Crippen molar-refractivity contribution in [2.45, 2.75) is 33.2 Å². The number of hydrogen-bond donors (Lipinski definition) is 1. The summed E-state index contributed by atoms with van der Waals surface area (Å²) < 4.78 is 5.20. The highest BCUT2D eigenvalue weighted by Crippen LogP contribution is 2.23. The number of hydrogen-bond acceptors (Lipinski definition) is 4. The molecule has 1 unspecified atom stereocenters. The van der Waals surface area contributed by atoms with Gasteiger partial charge in [-0.3, -0.25) is 0 Å². The summed E-state index contributed by atoms with van der Waals surface area (Å²) >= 11 is 0. The van der Waals surface area contributed by atoms with Crippen molar-refractivity contribution in [2.24, 2.45) is 11.1 Å². The molecule has 1 atom stereocenters. The van der Waals surface area contributed by atoms with Crippen LogP contribution in [0.3, 0.4) is 0 Å². The zero-order valence-corrected chi connectivity index (χ0v) is 13.8. The average molecular weight is 292 g/mol. The zero-order valence-electron chi connectivity index (χ0n) is 13.8. The van der Waals surface area contributed by atoms with Crippen molar-refractivity contribution in [1.29, 1.82) is 0 Å². The van der Waals surface area contributed by atoms with Crippen LogP contribution in [-0.2, 0) is 15.1 Å². The van der Waals surface area contributed by atoms with E-state index in [2.05, 4.69) is 25.7 Å². The maximum absolute atomic E-state index is 12.4. The molecule has 0 saturated heterocycles. The monoisotopic (exact) mass is 292 g/mol. The molecule has 0 aliphatic carbocycles. The molecule has 0 aliphatic heterocycles. The van der Waals surface area contributed by atoms with Crippen LogP contribution in [0.4, 0.5) is 0 Å². The highest BCUT2D eigenvalue weighted by Gasteiger charge is 2.39. The lowest BCUT2D eigenvalue weighted by molar-refractivity contribution is -0.151. The highest BCUT2D eigenvalue weighted by atomic mass is 16.5. The number of carbonyl (C=O) groups is 1. The lowest BCUT2D eigenvalue weighted by Crippen LogP contribution is -2.54. The van der Waals surface area contributed by atoms with Gasteiger partial charge in [-0.15, -0.1) is 0 Å². The van der Waals surface area contributed by atoms with Gasteiger partial charge in [0.25, 0.3) is 0 Å². The molecule has 2 N–H and O–H groups in total. The Labute approximate surface area is 128 Å². The molecule has 0 aliphatic rings. The number of benzene rings is 1. The van der Waals surface area contributed by atoms with Gasteiger partial charge in [0.2, 0.25) is 0 Å². The third kappa shape index (κ3) is 5.14. The van der Waals surface area contributed by atoms with Crippen LogP contribution in [0.2, 0.25) is 0 Å². The third-order valence-electron chi connectivity index (χ3n) is 3.19. The molecule has 1 rings (SSSR count). The Hall–Kier alpha value is -1.39. The lowest BCUT2D eigenvalue weighted by Gasteiger charge is -2.34. The van der Waals surface area contributed by atoms with Gasteiger partial charge in [0.05, 0.1) is 6.61 Å². The van der Waals surface area contributed by atoms with Crippen LogP contribution in [0.15, 0.2) is 30.3 Å². The van der Waals surface area contributed by atoms with E-state index in [1.807, 2.05) is 37.4 Å². The number of ether oxygens (including phenoxy) is 1. The van der Waals surface area contributed by atoms with Gasteiger partial charge in [0.1, 0.15) is 0 Å². The number of nitrogens with two attached hydrogens (primary N) is 1. The normalized spacial score (nSPS) is 14.8. The Morgan fingerprint density at radius 3 is 2.24 bits per heavy atom. The van der Waals surface area contributed by atoms with Crippen LogP contribution < -0.4 is 5.73 Å². The summed E-state index contributed by atoms with van der Waals surface area (Å²) in [6, 6.07) is 9.44. The summed E-state index contributed by atoms with van der Waals surface area (Å²) in [5.41, 5.74) is 6.23. The first-order valence-electron chi connectivity index (χ1n) is 7.39. The minimum atomic E-state index is -1.14. The fourth-order valence-electron chi connectivity index (χ4n) is 2.56. The Kier molecular flexibility index (Phi) is 5.93.